The molecule has 3 nitrogen and oxygen atoms in total. The lowest BCUT2D eigenvalue weighted by atomic mass is 9.93. The molecule has 1 aliphatic rings. The SMILES string of the molecule is O=C(CC1CCOCC1)c1ncc(Cl)cc1Cl. The van der Waals surface area contributed by atoms with Crippen molar-refractivity contribution in [1.82, 2.24) is 4.98 Å². The normalized spacial score (nSPS) is 17.1. The molecule has 1 aromatic heterocycles. The molecule has 2 rings (SSSR count). The van der Waals surface area contributed by atoms with Gasteiger partial charge in [-0.1, -0.05) is 23.2 Å². The van der Waals surface area contributed by atoms with E-state index in [1.807, 2.05) is 0 Å². The van der Waals surface area contributed by atoms with Crippen molar-refractivity contribution in [2.45, 2.75) is 19.3 Å². The fourth-order valence-corrected chi connectivity index (χ4v) is 2.41. The Morgan fingerprint density at radius 3 is 2.76 bits per heavy atom. The van der Waals surface area contributed by atoms with E-state index < -0.39 is 0 Å². The molecule has 0 amide bonds. The molecule has 0 atom stereocenters. The number of halogens is 2. The first-order valence-corrected chi connectivity index (χ1v) is 6.34. The third-order valence-electron chi connectivity index (χ3n) is 2.89. The number of carbonyl (C=O) groups is 1. The van der Waals surface area contributed by atoms with E-state index in [2.05, 4.69) is 4.98 Å². The van der Waals surface area contributed by atoms with Crippen LogP contribution in [-0.2, 0) is 4.74 Å². The minimum absolute atomic E-state index is 0.0152. The van der Waals surface area contributed by atoms with Crippen LogP contribution in [0.2, 0.25) is 10.0 Å². The Morgan fingerprint density at radius 2 is 2.12 bits per heavy atom. The summed E-state index contributed by atoms with van der Waals surface area (Å²) in [6.45, 7) is 1.47. The van der Waals surface area contributed by atoms with Crippen LogP contribution >= 0.6 is 23.2 Å². The average molecular weight is 274 g/mol. The van der Waals surface area contributed by atoms with Crippen LogP contribution in [0.25, 0.3) is 0 Å². The number of nitrogens with zero attached hydrogens (tertiary/aromatic N) is 1. The van der Waals surface area contributed by atoms with Gasteiger partial charge in [-0.3, -0.25) is 9.78 Å². The topological polar surface area (TPSA) is 39.2 Å². The van der Waals surface area contributed by atoms with Gasteiger partial charge in [0.05, 0.1) is 10.0 Å². The van der Waals surface area contributed by atoms with Crippen molar-refractivity contribution in [3.8, 4) is 0 Å². The summed E-state index contributed by atoms with van der Waals surface area (Å²) >= 11 is 11.7. The summed E-state index contributed by atoms with van der Waals surface area (Å²) in [5, 5.41) is 0.771. The zero-order valence-corrected chi connectivity index (χ0v) is 10.8. The second kappa shape index (κ2) is 5.80. The number of Topliss-reactive ketones (excluding diaryl/α,β-unsaturated/α-hetero) is 1. The highest BCUT2D eigenvalue weighted by molar-refractivity contribution is 6.36. The molecular formula is C12H13Cl2NO2. The fourth-order valence-electron chi connectivity index (χ4n) is 1.93. The Labute approximate surface area is 110 Å². The number of carbonyl (C=O) groups excluding carboxylic acids is 1. The van der Waals surface area contributed by atoms with Crippen molar-refractivity contribution in [2.24, 2.45) is 5.92 Å². The van der Waals surface area contributed by atoms with Crippen LogP contribution < -0.4 is 0 Å². The molecule has 2 heterocycles. The fraction of sp³-hybridized carbons (Fsp3) is 0.500. The van der Waals surface area contributed by atoms with Crippen molar-refractivity contribution in [3.05, 3.63) is 28.0 Å². The number of ether oxygens (including phenoxy) is 1. The maximum absolute atomic E-state index is 12.0. The van der Waals surface area contributed by atoms with E-state index in [-0.39, 0.29) is 5.78 Å². The van der Waals surface area contributed by atoms with Gasteiger partial charge in [0, 0.05) is 25.8 Å². The number of aromatic nitrogens is 1. The van der Waals surface area contributed by atoms with Crippen molar-refractivity contribution in [3.63, 3.8) is 0 Å². The number of hydrogen-bond acceptors (Lipinski definition) is 3. The molecule has 17 heavy (non-hydrogen) atoms. The van der Waals surface area contributed by atoms with Gasteiger partial charge in [-0.2, -0.15) is 0 Å². The minimum Gasteiger partial charge on any atom is -0.381 e. The van der Waals surface area contributed by atoms with Gasteiger partial charge in [-0.15, -0.1) is 0 Å². The highest BCUT2D eigenvalue weighted by Gasteiger charge is 2.20. The lowest BCUT2D eigenvalue weighted by molar-refractivity contribution is 0.0599. The molecule has 0 radical (unpaired) electrons. The van der Waals surface area contributed by atoms with Crippen molar-refractivity contribution in [2.75, 3.05) is 13.2 Å². The first kappa shape index (κ1) is 12.8. The standard InChI is InChI=1S/C12H13Cl2NO2/c13-9-6-10(14)12(15-7-9)11(16)5-8-1-3-17-4-2-8/h6-8H,1-5H2. The van der Waals surface area contributed by atoms with Gasteiger partial charge in [0.25, 0.3) is 0 Å². The Bertz CT molecular complexity index is 417. The molecule has 0 N–H and O–H groups in total. The maximum Gasteiger partial charge on any atom is 0.182 e. The first-order chi connectivity index (χ1) is 8.16. The van der Waals surface area contributed by atoms with E-state index in [1.54, 1.807) is 6.07 Å². The molecular weight excluding hydrogens is 261 g/mol. The third-order valence-corrected chi connectivity index (χ3v) is 3.38. The molecule has 0 unspecified atom stereocenters. The molecule has 1 fully saturated rings. The summed E-state index contributed by atoms with van der Waals surface area (Å²) in [5.41, 5.74) is 0.322. The zero-order chi connectivity index (χ0) is 12.3. The van der Waals surface area contributed by atoms with Gasteiger partial charge >= 0.3 is 0 Å². The van der Waals surface area contributed by atoms with Crippen molar-refractivity contribution < 1.29 is 9.53 Å². The zero-order valence-electron chi connectivity index (χ0n) is 9.29. The van der Waals surface area contributed by atoms with Crippen molar-refractivity contribution >= 4 is 29.0 Å². The molecule has 0 bridgehead atoms. The Hall–Kier alpha value is -0.640. The lowest BCUT2D eigenvalue weighted by Gasteiger charge is -2.21. The van der Waals surface area contributed by atoms with Crippen LogP contribution in [0, 0.1) is 5.92 Å². The van der Waals surface area contributed by atoms with E-state index in [0.29, 0.717) is 28.1 Å². The van der Waals surface area contributed by atoms with Crippen molar-refractivity contribution in [1.29, 1.82) is 0 Å². The van der Waals surface area contributed by atoms with E-state index in [1.165, 1.54) is 6.20 Å². The Morgan fingerprint density at radius 1 is 1.41 bits per heavy atom. The molecule has 1 aromatic rings. The highest BCUT2D eigenvalue weighted by Crippen LogP contribution is 2.24. The number of pyridine rings is 1. The molecule has 0 saturated carbocycles. The highest BCUT2D eigenvalue weighted by atomic mass is 35.5. The van der Waals surface area contributed by atoms with Gasteiger partial charge in [-0.25, -0.2) is 0 Å². The molecule has 5 heteroatoms. The predicted molar refractivity (Wildman–Crippen MR) is 66.7 cm³/mol. The van der Waals surface area contributed by atoms with Crippen LogP contribution in [0.1, 0.15) is 29.8 Å². The number of hydrogen-bond donors (Lipinski definition) is 0. The van der Waals surface area contributed by atoms with Gasteiger partial charge in [0.15, 0.2) is 5.78 Å². The minimum atomic E-state index is -0.0152. The van der Waals surface area contributed by atoms with E-state index in [4.69, 9.17) is 27.9 Å². The van der Waals surface area contributed by atoms with Gasteiger partial charge in [0.1, 0.15) is 5.69 Å². The molecule has 92 valence electrons. The van der Waals surface area contributed by atoms with E-state index >= 15 is 0 Å². The average Bonchev–Trinajstić information content (AvgIpc) is 2.30. The lowest BCUT2D eigenvalue weighted by Crippen LogP contribution is -2.19. The van der Waals surface area contributed by atoms with E-state index in [0.717, 1.165) is 26.1 Å². The Balaban J connectivity index is 2.03. The van der Waals surface area contributed by atoms with Gasteiger partial charge in [-0.05, 0) is 24.8 Å². The van der Waals surface area contributed by atoms with E-state index in [9.17, 15) is 4.79 Å². The number of ketones is 1. The summed E-state index contributed by atoms with van der Waals surface area (Å²) < 4.78 is 5.26. The maximum atomic E-state index is 12.0. The molecule has 0 spiro atoms. The molecule has 1 aliphatic heterocycles. The molecule has 1 saturated heterocycles. The number of rotatable bonds is 3. The van der Waals surface area contributed by atoms with Gasteiger partial charge < -0.3 is 4.74 Å². The Kier molecular flexibility index (Phi) is 4.37. The largest absolute Gasteiger partial charge is 0.381 e. The quantitative estimate of drug-likeness (QED) is 0.793. The second-order valence-electron chi connectivity index (χ2n) is 4.17. The second-order valence-corrected chi connectivity index (χ2v) is 5.01. The van der Waals surface area contributed by atoms with Crippen LogP contribution in [0.4, 0.5) is 0 Å². The summed E-state index contributed by atoms with van der Waals surface area (Å²) in [7, 11) is 0. The summed E-state index contributed by atoms with van der Waals surface area (Å²) in [4.78, 5) is 16.0. The summed E-state index contributed by atoms with van der Waals surface area (Å²) in [6.07, 6.45) is 3.79. The van der Waals surface area contributed by atoms with Gasteiger partial charge in [0.2, 0.25) is 0 Å². The smallest absolute Gasteiger partial charge is 0.182 e. The third kappa shape index (κ3) is 3.41. The molecule has 0 aliphatic carbocycles. The molecule has 0 aromatic carbocycles. The monoisotopic (exact) mass is 273 g/mol. The summed E-state index contributed by atoms with van der Waals surface area (Å²) in [5.74, 6) is 0.364. The van der Waals surface area contributed by atoms with Crippen LogP contribution in [0.3, 0.4) is 0 Å². The van der Waals surface area contributed by atoms with Crippen LogP contribution in [-0.4, -0.2) is 24.0 Å². The first-order valence-electron chi connectivity index (χ1n) is 5.59. The summed E-state index contributed by atoms with van der Waals surface area (Å²) in [6, 6.07) is 1.55. The van der Waals surface area contributed by atoms with Crippen LogP contribution in [0.5, 0.6) is 0 Å². The predicted octanol–water partition coefficient (Wildman–Crippen LogP) is 3.39. The van der Waals surface area contributed by atoms with Crippen LogP contribution in [0.15, 0.2) is 12.3 Å².